The number of rotatable bonds is 8. The minimum absolute atomic E-state index is 0.343. The van der Waals surface area contributed by atoms with Gasteiger partial charge in [0.2, 0.25) is 5.91 Å². The van der Waals surface area contributed by atoms with Gasteiger partial charge >= 0.3 is 0 Å². The molecule has 7 heteroatoms. The number of nitrogens with two attached hydrogens (primary N) is 1. The first-order valence-electron chi connectivity index (χ1n) is 16.8. The molecule has 3 aromatic carbocycles. The van der Waals surface area contributed by atoms with Crippen molar-refractivity contribution in [3.63, 3.8) is 0 Å². The third kappa shape index (κ3) is 5.80. The Morgan fingerprint density at radius 1 is 1.04 bits per heavy atom. The number of primary amides is 1. The van der Waals surface area contributed by atoms with Gasteiger partial charge in [0, 0.05) is 73.6 Å². The Kier molecular flexibility index (Phi) is 7.89. The molecule has 3 heterocycles. The number of benzene rings is 3. The van der Waals surface area contributed by atoms with Crippen molar-refractivity contribution in [1.29, 1.82) is 0 Å². The zero-order valence-electron chi connectivity index (χ0n) is 28.0. The van der Waals surface area contributed by atoms with Gasteiger partial charge in [0.1, 0.15) is 5.60 Å². The van der Waals surface area contributed by atoms with Gasteiger partial charge in [-0.05, 0) is 91.8 Å². The molecule has 2 N–H and O–H groups in total. The van der Waals surface area contributed by atoms with E-state index < -0.39 is 0 Å². The number of hydrogen-bond donors (Lipinski definition) is 1. The molecule has 0 radical (unpaired) electrons. The predicted octanol–water partition coefficient (Wildman–Crippen LogP) is 6.63. The molecule has 0 unspecified atom stereocenters. The average Bonchev–Trinajstić information content (AvgIpc) is 3.00. The molecule has 7 rings (SSSR count). The minimum atomic E-state index is -0.375. The Bertz CT molecular complexity index is 1630. The molecule has 242 valence electrons. The van der Waals surface area contributed by atoms with Crippen LogP contribution in [0.3, 0.4) is 0 Å². The van der Waals surface area contributed by atoms with Crippen LogP contribution in [0.4, 0.5) is 5.69 Å². The highest BCUT2D eigenvalue weighted by Crippen LogP contribution is 2.53. The van der Waals surface area contributed by atoms with Crippen LogP contribution in [-0.2, 0) is 6.54 Å². The van der Waals surface area contributed by atoms with Gasteiger partial charge in [0.05, 0.1) is 7.11 Å². The van der Waals surface area contributed by atoms with E-state index in [1.165, 1.54) is 35.2 Å². The smallest absolute Gasteiger partial charge is 0.248 e. The highest BCUT2D eigenvalue weighted by atomic mass is 16.5. The van der Waals surface area contributed by atoms with Crippen LogP contribution in [0.15, 0.2) is 66.7 Å². The Morgan fingerprint density at radius 3 is 2.48 bits per heavy atom. The van der Waals surface area contributed by atoms with Crippen LogP contribution in [0, 0.1) is 5.41 Å². The van der Waals surface area contributed by atoms with Crippen molar-refractivity contribution >= 4 is 17.7 Å². The Hall–Kier alpha value is -3.81. The van der Waals surface area contributed by atoms with Crippen LogP contribution in [0.2, 0.25) is 0 Å². The number of nitrogens with zero attached hydrogens (tertiary/aromatic N) is 3. The first-order valence-corrected chi connectivity index (χ1v) is 16.8. The molecule has 1 saturated carbocycles. The lowest BCUT2D eigenvalue weighted by molar-refractivity contribution is -0.0647. The fraction of sp³-hybridized carbons (Fsp3) is 0.462. The molecule has 1 atom stereocenters. The first-order chi connectivity index (χ1) is 22.0. The maximum atomic E-state index is 11.5. The summed E-state index contributed by atoms with van der Waals surface area (Å²) in [5, 5.41) is 0. The summed E-state index contributed by atoms with van der Waals surface area (Å²) in [5.74, 6) is 1.75. The lowest BCUT2D eigenvalue weighted by Crippen LogP contribution is -2.68. The molecule has 3 aliphatic heterocycles. The first kappa shape index (κ1) is 30.8. The SMILES string of the molecule is COc1cc(CN2CCN(C3CC4(C3)CN(c3ccc(C(N)=O)cc3)C4)[C@H](c3ccccc3C(C)C)C2)cc2c1OC(C)(C)C=C2. The van der Waals surface area contributed by atoms with E-state index in [1.807, 2.05) is 24.3 Å². The monoisotopic (exact) mass is 620 g/mol. The molecule has 3 aromatic rings. The number of hydrogen-bond acceptors (Lipinski definition) is 6. The molecule has 0 aromatic heterocycles. The van der Waals surface area contributed by atoms with Crippen molar-refractivity contribution in [2.45, 2.75) is 70.7 Å². The van der Waals surface area contributed by atoms with E-state index in [2.05, 4.69) is 90.9 Å². The number of carbonyl (C=O) groups is 1. The fourth-order valence-corrected chi connectivity index (χ4v) is 8.27. The number of carbonyl (C=O) groups excluding carboxylic acids is 1. The number of anilines is 1. The maximum absolute atomic E-state index is 11.5. The lowest BCUT2D eigenvalue weighted by Gasteiger charge is -2.63. The van der Waals surface area contributed by atoms with Crippen LogP contribution >= 0.6 is 0 Å². The van der Waals surface area contributed by atoms with Crippen molar-refractivity contribution in [1.82, 2.24) is 9.80 Å². The van der Waals surface area contributed by atoms with Gasteiger partial charge in [-0.25, -0.2) is 0 Å². The van der Waals surface area contributed by atoms with Gasteiger partial charge in [0.25, 0.3) is 0 Å². The van der Waals surface area contributed by atoms with Crippen LogP contribution in [0.25, 0.3) is 6.08 Å². The van der Waals surface area contributed by atoms with Gasteiger partial charge in [0.15, 0.2) is 11.5 Å². The van der Waals surface area contributed by atoms with E-state index in [-0.39, 0.29) is 11.5 Å². The van der Waals surface area contributed by atoms with Crippen molar-refractivity contribution in [3.05, 3.63) is 94.6 Å². The van der Waals surface area contributed by atoms with Crippen molar-refractivity contribution in [2.75, 3.05) is 44.7 Å². The van der Waals surface area contributed by atoms with Gasteiger partial charge in [-0.3, -0.25) is 14.6 Å². The highest BCUT2D eigenvalue weighted by Gasteiger charge is 2.55. The number of ether oxygens (including phenoxy) is 2. The van der Waals surface area contributed by atoms with E-state index in [1.54, 1.807) is 7.11 Å². The van der Waals surface area contributed by atoms with E-state index in [4.69, 9.17) is 15.2 Å². The summed E-state index contributed by atoms with van der Waals surface area (Å²) in [5.41, 5.74) is 12.5. The Labute approximate surface area is 274 Å². The van der Waals surface area contributed by atoms with E-state index in [0.29, 0.717) is 29.0 Å². The summed E-state index contributed by atoms with van der Waals surface area (Å²) in [7, 11) is 1.73. The van der Waals surface area contributed by atoms with E-state index in [9.17, 15) is 4.79 Å². The van der Waals surface area contributed by atoms with Crippen LogP contribution in [0.5, 0.6) is 11.5 Å². The topological polar surface area (TPSA) is 71.3 Å². The average molecular weight is 621 g/mol. The predicted molar refractivity (Wildman–Crippen MR) is 185 cm³/mol. The van der Waals surface area contributed by atoms with Gasteiger partial charge in [-0.1, -0.05) is 44.2 Å². The summed E-state index contributed by atoms with van der Waals surface area (Å²) in [4.78, 5) is 19.4. The largest absolute Gasteiger partial charge is 0.493 e. The molecule has 2 saturated heterocycles. The summed E-state index contributed by atoms with van der Waals surface area (Å²) < 4.78 is 12.1. The summed E-state index contributed by atoms with van der Waals surface area (Å²) in [6, 6.07) is 22.2. The maximum Gasteiger partial charge on any atom is 0.248 e. The zero-order chi connectivity index (χ0) is 32.2. The van der Waals surface area contributed by atoms with Crippen molar-refractivity contribution < 1.29 is 14.3 Å². The van der Waals surface area contributed by atoms with E-state index in [0.717, 1.165) is 56.3 Å². The molecule has 1 spiro atoms. The Balaban J connectivity index is 1.07. The highest BCUT2D eigenvalue weighted by molar-refractivity contribution is 5.93. The third-order valence-corrected chi connectivity index (χ3v) is 10.7. The number of methoxy groups -OCH3 is 1. The molecule has 3 fully saturated rings. The molecule has 7 nitrogen and oxygen atoms in total. The zero-order valence-corrected chi connectivity index (χ0v) is 28.0. The summed E-state index contributed by atoms with van der Waals surface area (Å²) in [6.45, 7) is 14.9. The molecular formula is C39H48N4O3. The van der Waals surface area contributed by atoms with Crippen LogP contribution in [-0.4, -0.2) is 67.2 Å². The van der Waals surface area contributed by atoms with Gasteiger partial charge < -0.3 is 20.1 Å². The molecule has 46 heavy (non-hydrogen) atoms. The second-order valence-corrected chi connectivity index (χ2v) is 14.9. The molecule has 4 aliphatic rings. The van der Waals surface area contributed by atoms with E-state index >= 15 is 0 Å². The number of fused-ring (bicyclic) bond motifs is 1. The number of amides is 1. The van der Waals surface area contributed by atoms with Crippen LogP contribution in [0.1, 0.15) is 85.1 Å². The standard InChI is InChI=1S/C39H48N4O3/c1-26(2)32-8-6-7-9-33(32)34-23-41(22-27-18-29-14-15-38(3,4)46-36(29)35(19-27)45-5)16-17-43(34)31-20-39(21-31)24-42(25-39)30-12-10-28(11-13-30)37(40)44/h6-15,18-19,26,31,34H,16-17,20-25H2,1-5H3,(H2,40,44)/t34-/m0/s1. The van der Waals surface area contributed by atoms with Gasteiger partial charge in [-0.2, -0.15) is 0 Å². The molecular weight excluding hydrogens is 572 g/mol. The Morgan fingerprint density at radius 2 is 1.78 bits per heavy atom. The lowest BCUT2D eigenvalue weighted by atomic mass is 9.59. The molecule has 1 aliphatic carbocycles. The second kappa shape index (κ2) is 11.8. The normalized spacial score (nSPS) is 22.2. The van der Waals surface area contributed by atoms with Gasteiger partial charge in [-0.15, -0.1) is 0 Å². The van der Waals surface area contributed by atoms with Crippen LogP contribution < -0.4 is 20.1 Å². The molecule has 0 bridgehead atoms. The summed E-state index contributed by atoms with van der Waals surface area (Å²) in [6.07, 6.45) is 6.79. The second-order valence-electron chi connectivity index (χ2n) is 14.9. The summed E-state index contributed by atoms with van der Waals surface area (Å²) >= 11 is 0. The van der Waals surface area contributed by atoms with Crippen molar-refractivity contribution in [3.8, 4) is 11.5 Å². The number of piperazine rings is 1. The molecule has 1 amide bonds. The quantitative estimate of drug-likeness (QED) is 0.305. The third-order valence-electron chi connectivity index (χ3n) is 10.7. The van der Waals surface area contributed by atoms with Crippen molar-refractivity contribution in [2.24, 2.45) is 11.1 Å². The fourth-order valence-electron chi connectivity index (χ4n) is 8.27. The minimum Gasteiger partial charge on any atom is -0.493 e.